The lowest BCUT2D eigenvalue weighted by atomic mass is 10.1. The molecule has 0 radical (unpaired) electrons. The normalized spacial score (nSPS) is 10.1. The van der Waals surface area contributed by atoms with Gasteiger partial charge in [-0.05, 0) is 54.4 Å². The number of nitrogens with zero attached hydrogens (tertiary/aromatic N) is 1. The number of pyridine rings is 1. The Balaban J connectivity index is 0.00000121. The van der Waals surface area contributed by atoms with Crippen LogP contribution in [0.25, 0.3) is 10.9 Å². The van der Waals surface area contributed by atoms with Gasteiger partial charge in [0.1, 0.15) is 29.6 Å². The second kappa shape index (κ2) is 13.8. The number of esters is 1. The van der Waals surface area contributed by atoms with Gasteiger partial charge in [-0.25, -0.2) is 0 Å². The van der Waals surface area contributed by atoms with Gasteiger partial charge in [0.2, 0.25) is 0 Å². The van der Waals surface area contributed by atoms with Gasteiger partial charge in [0.05, 0.1) is 18.5 Å². The third-order valence-electron chi connectivity index (χ3n) is 5.11. The minimum atomic E-state index is -0.388. The van der Waals surface area contributed by atoms with Crippen molar-refractivity contribution >= 4 is 34.6 Å². The van der Waals surface area contributed by atoms with E-state index in [1.165, 1.54) is 0 Å². The number of aryl methyl sites for hydroxylation is 1. The van der Waals surface area contributed by atoms with Gasteiger partial charge in [-0.1, -0.05) is 35.9 Å². The summed E-state index contributed by atoms with van der Waals surface area (Å²) >= 11 is 6.44. The van der Waals surface area contributed by atoms with Crippen LogP contribution in [0.15, 0.2) is 72.9 Å². The van der Waals surface area contributed by atoms with Crippen molar-refractivity contribution in [1.82, 2.24) is 4.98 Å². The lowest BCUT2D eigenvalue weighted by Gasteiger charge is -2.13. The van der Waals surface area contributed by atoms with E-state index in [-0.39, 0.29) is 18.5 Å². The maximum Gasteiger partial charge on any atom is 0.373 e. The molecule has 0 saturated carbocycles. The molecule has 0 bridgehead atoms. The molecule has 0 aliphatic rings. The van der Waals surface area contributed by atoms with Gasteiger partial charge in [0, 0.05) is 29.8 Å². The first-order chi connectivity index (χ1) is 17.9. The highest BCUT2D eigenvalue weighted by molar-refractivity contribution is 6.31. The van der Waals surface area contributed by atoms with Crippen LogP contribution in [0, 0.1) is 6.92 Å². The lowest BCUT2D eigenvalue weighted by Crippen LogP contribution is -2.11. The van der Waals surface area contributed by atoms with Crippen LogP contribution in [-0.2, 0) is 25.5 Å². The number of ether oxygens (including phenoxy) is 4. The first-order valence-electron chi connectivity index (χ1n) is 11.2. The Morgan fingerprint density at radius 1 is 0.946 bits per heavy atom. The monoisotopic (exact) mass is 521 g/mol. The Kier molecular flexibility index (Phi) is 10.2. The number of carbonyl (C=O) groups excluding carboxylic acids is 3. The average molecular weight is 522 g/mol. The minimum absolute atomic E-state index is 0.0528. The Hall–Kier alpha value is -4.23. The van der Waals surface area contributed by atoms with E-state index >= 15 is 0 Å². The highest BCUT2D eigenvalue weighted by Crippen LogP contribution is 2.34. The van der Waals surface area contributed by atoms with Crippen molar-refractivity contribution in [2.24, 2.45) is 0 Å². The summed E-state index contributed by atoms with van der Waals surface area (Å²) in [7, 11) is 1.64. The fourth-order valence-corrected chi connectivity index (χ4v) is 3.65. The second-order valence-corrected chi connectivity index (χ2v) is 8.09. The van der Waals surface area contributed by atoms with E-state index < -0.39 is 0 Å². The first-order valence-corrected chi connectivity index (χ1v) is 11.5. The van der Waals surface area contributed by atoms with E-state index in [9.17, 15) is 4.79 Å². The van der Waals surface area contributed by atoms with E-state index in [0.717, 1.165) is 22.2 Å². The van der Waals surface area contributed by atoms with Crippen molar-refractivity contribution < 1.29 is 33.3 Å². The van der Waals surface area contributed by atoms with Crippen LogP contribution >= 0.6 is 11.6 Å². The molecule has 190 valence electrons. The van der Waals surface area contributed by atoms with Crippen LogP contribution in [0.5, 0.6) is 23.0 Å². The Morgan fingerprint density at radius 2 is 1.70 bits per heavy atom. The third kappa shape index (κ3) is 7.88. The van der Waals surface area contributed by atoms with Crippen LogP contribution < -0.4 is 14.2 Å². The molecule has 0 atom stereocenters. The quantitative estimate of drug-likeness (QED) is 0.160. The Labute approximate surface area is 218 Å². The summed E-state index contributed by atoms with van der Waals surface area (Å²) in [5.74, 6) is 2.06. The molecule has 0 amide bonds. The number of hydrogen-bond acceptors (Lipinski definition) is 8. The van der Waals surface area contributed by atoms with Gasteiger partial charge in [0.15, 0.2) is 0 Å². The van der Waals surface area contributed by atoms with Crippen LogP contribution in [-0.4, -0.2) is 37.4 Å². The molecule has 0 saturated heterocycles. The van der Waals surface area contributed by atoms with Crippen LogP contribution in [0.2, 0.25) is 5.02 Å². The summed E-state index contributed by atoms with van der Waals surface area (Å²) in [6.07, 6.45) is 1.98. The molecule has 1 heterocycles. The molecule has 0 N–H and O–H groups in total. The SMILES string of the molecule is COCCOc1cc2nccc(Oc3ccc(CC(=O)Oc4ccccc4)c(Cl)c3)c2cc1C.O=C=O. The fraction of sp³-hybridized carbons (Fsp3) is 0.179. The molecule has 1 aromatic heterocycles. The molecule has 8 nitrogen and oxygen atoms in total. The Morgan fingerprint density at radius 3 is 2.41 bits per heavy atom. The molecule has 0 spiro atoms. The molecule has 3 aromatic carbocycles. The number of rotatable bonds is 9. The van der Waals surface area contributed by atoms with Crippen molar-refractivity contribution in [3.05, 3.63) is 89.1 Å². The zero-order chi connectivity index (χ0) is 26.6. The molecule has 4 rings (SSSR count). The highest BCUT2D eigenvalue weighted by atomic mass is 35.5. The number of halogens is 1. The molecule has 37 heavy (non-hydrogen) atoms. The van der Waals surface area contributed by atoms with E-state index in [4.69, 9.17) is 40.1 Å². The topological polar surface area (TPSA) is 101 Å². The van der Waals surface area contributed by atoms with Gasteiger partial charge in [-0.15, -0.1) is 0 Å². The zero-order valence-corrected chi connectivity index (χ0v) is 21.0. The van der Waals surface area contributed by atoms with E-state index in [2.05, 4.69) is 4.98 Å². The molecule has 9 heteroatoms. The largest absolute Gasteiger partial charge is 0.491 e. The summed E-state index contributed by atoms with van der Waals surface area (Å²) in [5, 5.41) is 1.27. The zero-order valence-electron chi connectivity index (χ0n) is 20.2. The summed E-state index contributed by atoms with van der Waals surface area (Å²) in [4.78, 5) is 33.0. The number of hydrogen-bond donors (Lipinski definition) is 0. The van der Waals surface area contributed by atoms with Crippen molar-refractivity contribution in [1.29, 1.82) is 0 Å². The fourth-order valence-electron chi connectivity index (χ4n) is 3.41. The smallest absolute Gasteiger partial charge is 0.373 e. The number of aromatic nitrogens is 1. The van der Waals surface area contributed by atoms with Crippen molar-refractivity contribution in [2.75, 3.05) is 20.3 Å². The number of carbonyl (C=O) groups is 1. The van der Waals surface area contributed by atoms with Gasteiger partial charge in [-0.2, -0.15) is 9.59 Å². The lowest BCUT2D eigenvalue weighted by molar-refractivity contribution is -0.191. The van der Waals surface area contributed by atoms with Gasteiger partial charge >= 0.3 is 12.1 Å². The first kappa shape index (κ1) is 27.4. The van der Waals surface area contributed by atoms with E-state index in [0.29, 0.717) is 41.0 Å². The molecule has 0 aliphatic heterocycles. The molecule has 0 fully saturated rings. The molecule has 4 aromatic rings. The number of para-hydroxylation sites is 1. The minimum Gasteiger partial charge on any atom is -0.491 e. The molecular weight excluding hydrogens is 498 g/mol. The van der Waals surface area contributed by atoms with Crippen LogP contribution in [0.4, 0.5) is 0 Å². The van der Waals surface area contributed by atoms with Crippen molar-refractivity contribution in [3.63, 3.8) is 0 Å². The van der Waals surface area contributed by atoms with E-state index in [1.54, 1.807) is 61.8 Å². The van der Waals surface area contributed by atoms with Crippen LogP contribution in [0.1, 0.15) is 11.1 Å². The maximum atomic E-state index is 12.3. The maximum absolute atomic E-state index is 12.3. The summed E-state index contributed by atoms with van der Waals surface area (Å²) in [6.45, 7) is 2.94. The average Bonchev–Trinajstić information content (AvgIpc) is 2.88. The summed E-state index contributed by atoms with van der Waals surface area (Å²) in [5.41, 5.74) is 2.37. The van der Waals surface area contributed by atoms with Gasteiger partial charge < -0.3 is 18.9 Å². The van der Waals surface area contributed by atoms with Gasteiger partial charge in [0.25, 0.3) is 0 Å². The second-order valence-electron chi connectivity index (χ2n) is 7.69. The predicted octanol–water partition coefficient (Wildman–Crippen LogP) is 5.58. The Bertz CT molecular complexity index is 1390. The van der Waals surface area contributed by atoms with Crippen LogP contribution in [0.3, 0.4) is 0 Å². The molecule has 0 unspecified atom stereocenters. The van der Waals surface area contributed by atoms with Gasteiger partial charge in [-0.3, -0.25) is 9.78 Å². The van der Waals surface area contributed by atoms with E-state index in [1.807, 2.05) is 25.1 Å². The standard InChI is InChI=1S/C27H24ClNO5.CO2/c1-18-14-22-24(17-26(18)32-13-12-31-2)29-11-10-25(22)33-21-9-8-19(23(28)16-21)15-27(30)34-20-6-4-3-5-7-20;2-1-3/h3-11,14,16-17H,12-13,15H2,1-2H3;. The highest BCUT2D eigenvalue weighted by Gasteiger charge is 2.13. The third-order valence-corrected chi connectivity index (χ3v) is 5.46. The number of fused-ring (bicyclic) bond motifs is 1. The van der Waals surface area contributed by atoms with Crippen molar-refractivity contribution in [3.8, 4) is 23.0 Å². The summed E-state index contributed by atoms with van der Waals surface area (Å²) < 4.78 is 22.3. The van der Waals surface area contributed by atoms with Crippen molar-refractivity contribution in [2.45, 2.75) is 13.3 Å². The molecular formula is C28H24ClNO7. The predicted molar refractivity (Wildman–Crippen MR) is 136 cm³/mol. The summed E-state index contributed by atoms with van der Waals surface area (Å²) in [6, 6.07) is 19.8. The molecule has 0 aliphatic carbocycles. The number of benzene rings is 3. The number of methoxy groups -OCH3 is 1.